The first-order valence-corrected chi connectivity index (χ1v) is 7.42. The largest absolute Gasteiger partial charge is 0.497 e. The van der Waals surface area contributed by atoms with Gasteiger partial charge in [0.25, 0.3) is 0 Å². The van der Waals surface area contributed by atoms with Gasteiger partial charge in [-0.1, -0.05) is 6.07 Å². The lowest BCUT2D eigenvalue weighted by Gasteiger charge is -2.37. The number of hydrogen-bond acceptors (Lipinski definition) is 4. The quantitative estimate of drug-likeness (QED) is 0.913. The predicted octanol–water partition coefficient (Wildman–Crippen LogP) is 1.73. The van der Waals surface area contributed by atoms with E-state index in [4.69, 9.17) is 15.2 Å². The summed E-state index contributed by atoms with van der Waals surface area (Å²) in [7, 11) is 3.51. The van der Waals surface area contributed by atoms with Crippen molar-refractivity contribution in [1.82, 2.24) is 4.90 Å². The molecule has 4 heteroatoms. The summed E-state index contributed by atoms with van der Waals surface area (Å²) >= 11 is 0. The number of fused-ring (bicyclic) bond motifs is 1. The molecule has 20 heavy (non-hydrogen) atoms. The lowest BCUT2D eigenvalue weighted by atomic mass is 9.83. The van der Waals surface area contributed by atoms with Crippen LogP contribution in [0.15, 0.2) is 18.2 Å². The molecule has 1 fully saturated rings. The molecule has 1 aliphatic carbocycles. The molecule has 2 N–H and O–H groups in total. The summed E-state index contributed by atoms with van der Waals surface area (Å²) < 4.78 is 10.8. The Kier molecular flexibility index (Phi) is 3.96. The van der Waals surface area contributed by atoms with Crippen molar-refractivity contribution in [2.24, 2.45) is 5.73 Å². The van der Waals surface area contributed by atoms with E-state index in [1.165, 1.54) is 11.1 Å². The van der Waals surface area contributed by atoms with Crippen molar-refractivity contribution in [3.63, 3.8) is 0 Å². The highest BCUT2D eigenvalue weighted by Crippen LogP contribution is 2.35. The lowest BCUT2D eigenvalue weighted by Crippen LogP contribution is -2.44. The molecule has 1 heterocycles. The van der Waals surface area contributed by atoms with Gasteiger partial charge in [0.15, 0.2) is 0 Å². The number of hydrogen-bond donors (Lipinski definition) is 1. The van der Waals surface area contributed by atoms with Gasteiger partial charge in [-0.3, -0.25) is 4.90 Å². The molecular weight excluding hydrogens is 252 g/mol. The van der Waals surface area contributed by atoms with E-state index in [9.17, 15) is 0 Å². The molecule has 3 atom stereocenters. The summed E-state index contributed by atoms with van der Waals surface area (Å²) in [6, 6.07) is 6.82. The third-order valence-corrected chi connectivity index (χ3v) is 4.81. The lowest BCUT2D eigenvalue weighted by molar-refractivity contribution is 0.0948. The van der Waals surface area contributed by atoms with Crippen molar-refractivity contribution in [2.75, 3.05) is 27.3 Å². The van der Waals surface area contributed by atoms with Crippen molar-refractivity contribution >= 4 is 0 Å². The number of nitrogens with zero attached hydrogens (tertiary/aromatic N) is 1. The summed E-state index contributed by atoms with van der Waals surface area (Å²) in [6.07, 6.45) is 3.70. The van der Waals surface area contributed by atoms with E-state index in [2.05, 4.69) is 17.0 Å². The van der Waals surface area contributed by atoms with Crippen molar-refractivity contribution in [2.45, 2.75) is 37.5 Å². The molecule has 110 valence electrons. The van der Waals surface area contributed by atoms with E-state index in [1.807, 2.05) is 6.07 Å². The van der Waals surface area contributed by atoms with E-state index < -0.39 is 0 Å². The van der Waals surface area contributed by atoms with E-state index in [0.29, 0.717) is 12.1 Å². The molecule has 0 amide bonds. The Morgan fingerprint density at radius 1 is 1.25 bits per heavy atom. The number of methoxy groups -OCH3 is 2. The highest BCUT2D eigenvalue weighted by atomic mass is 16.5. The van der Waals surface area contributed by atoms with Crippen LogP contribution in [0.1, 0.15) is 30.0 Å². The number of benzene rings is 1. The fraction of sp³-hybridized carbons (Fsp3) is 0.625. The number of ether oxygens (including phenoxy) is 2. The van der Waals surface area contributed by atoms with Gasteiger partial charge in [0.1, 0.15) is 5.75 Å². The number of rotatable bonds is 3. The molecule has 2 aliphatic rings. The minimum Gasteiger partial charge on any atom is -0.497 e. The fourth-order valence-corrected chi connectivity index (χ4v) is 3.60. The Morgan fingerprint density at radius 2 is 2.10 bits per heavy atom. The van der Waals surface area contributed by atoms with Gasteiger partial charge in [-0.05, 0) is 42.5 Å². The zero-order valence-electron chi connectivity index (χ0n) is 12.3. The van der Waals surface area contributed by atoms with Gasteiger partial charge in [0, 0.05) is 32.3 Å². The molecule has 1 aromatic rings. The van der Waals surface area contributed by atoms with E-state index in [0.717, 1.165) is 38.1 Å². The van der Waals surface area contributed by atoms with Crippen molar-refractivity contribution in [3.8, 4) is 5.75 Å². The van der Waals surface area contributed by atoms with Crippen LogP contribution in [0, 0.1) is 0 Å². The zero-order valence-corrected chi connectivity index (χ0v) is 12.3. The Labute approximate surface area is 120 Å². The molecule has 0 radical (unpaired) electrons. The average Bonchev–Trinajstić information content (AvgIpc) is 2.96. The van der Waals surface area contributed by atoms with Crippen molar-refractivity contribution in [1.29, 1.82) is 0 Å². The Balaban J connectivity index is 1.77. The number of nitrogens with two attached hydrogens (primary N) is 1. The Morgan fingerprint density at radius 3 is 2.80 bits per heavy atom. The zero-order chi connectivity index (χ0) is 14.1. The molecule has 3 rings (SSSR count). The molecule has 1 aromatic carbocycles. The van der Waals surface area contributed by atoms with Gasteiger partial charge >= 0.3 is 0 Å². The first kappa shape index (κ1) is 13.9. The second kappa shape index (κ2) is 5.72. The Bertz CT molecular complexity index is 478. The average molecular weight is 276 g/mol. The maximum atomic E-state index is 6.53. The van der Waals surface area contributed by atoms with Crippen LogP contribution < -0.4 is 10.5 Å². The van der Waals surface area contributed by atoms with Crippen LogP contribution in [0.5, 0.6) is 5.75 Å². The van der Waals surface area contributed by atoms with Gasteiger partial charge < -0.3 is 15.2 Å². The van der Waals surface area contributed by atoms with Crippen LogP contribution in [0.4, 0.5) is 0 Å². The van der Waals surface area contributed by atoms with Gasteiger partial charge in [-0.15, -0.1) is 0 Å². The van der Waals surface area contributed by atoms with Gasteiger partial charge in [0.2, 0.25) is 0 Å². The minimum atomic E-state index is 0.0975. The predicted molar refractivity (Wildman–Crippen MR) is 79.0 cm³/mol. The summed E-state index contributed by atoms with van der Waals surface area (Å²) in [5.74, 6) is 0.926. The van der Waals surface area contributed by atoms with Gasteiger partial charge in [-0.2, -0.15) is 0 Å². The second-order valence-corrected chi connectivity index (χ2v) is 5.84. The van der Waals surface area contributed by atoms with Crippen LogP contribution in [-0.4, -0.2) is 44.4 Å². The molecule has 0 bridgehead atoms. The van der Waals surface area contributed by atoms with Crippen LogP contribution >= 0.6 is 0 Å². The summed E-state index contributed by atoms with van der Waals surface area (Å²) in [6.45, 7) is 2.11. The first-order valence-electron chi connectivity index (χ1n) is 7.42. The van der Waals surface area contributed by atoms with Crippen LogP contribution in [0.3, 0.4) is 0 Å². The maximum absolute atomic E-state index is 6.53. The van der Waals surface area contributed by atoms with E-state index in [-0.39, 0.29) is 6.04 Å². The normalized spacial score (nSPS) is 30.2. The molecule has 0 spiro atoms. The summed E-state index contributed by atoms with van der Waals surface area (Å²) in [5, 5.41) is 0. The van der Waals surface area contributed by atoms with Crippen LogP contribution in [0.25, 0.3) is 0 Å². The molecule has 0 aromatic heterocycles. The fourth-order valence-electron chi connectivity index (χ4n) is 3.60. The molecule has 1 aliphatic heterocycles. The standard InChI is InChI=1S/C16H24N2O2/c1-19-12-4-5-14-11(9-12)3-6-15(16(14)17)18-8-7-13(10-18)20-2/h4-5,9,13,15-16H,3,6-8,10,17H2,1-2H3. The molecule has 0 saturated carbocycles. The second-order valence-electron chi connectivity index (χ2n) is 5.84. The van der Waals surface area contributed by atoms with Crippen molar-refractivity contribution < 1.29 is 9.47 Å². The first-order chi connectivity index (χ1) is 9.72. The maximum Gasteiger partial charge on any atom is 0.119 e. The summed E-state index contributed by atoms with van der Waals surface area (Å²) in [5.41, 5.74) is 9.15. The molecule has 4 nitrogen and oxygen atoms in total. The Hall–Kier alpha value is -1.10. The SMILES string of the molecule is COc1ccc2c(c1)CCC(N1CCC(OC)C1)C2N. The van der Waals surface area contributed by atoms with Crippen LogP contribution in [0.2, 0.25) is 0 Å². The minimum absolute atomic E-state index is 0.0975. The summed E-state index contributed by atoms with van der Waals surface area (Å²) in [4.78, 5) is 2.51. The highest BCUT2D eigenvalue weighted by molar-refractivity contribution is 5.40. The van der Waals surface area contributed by atoms with Gasteiger partial charge in [-0.25, -0.2) is 0 Å². The number of likely N-dealkylation sites (tertiary alicyclic amines) is 1. The van der Waals surface area contributed by atoms with Crippen LogP contribution in [-0.2, 0) is 11.2 Å². The highest BCUT2D eigenvalue weighted by Gasteiger charge is 2.35. The third kappa shape index (κ3) is 2.43. The number of aryl methyl sites for hydroxylation is 1. The topological polar surface area (TPSA) is 47.7 Å². The monoisotopic (exact) mass is 276 g/mol. The third-order valence-electron chi connectivity index (χ3n) is 4.81. The molecule has 3 unspecified atom stereocenters. The van der Waals surface area contributed by atoms with E-state index in [1.54, 1.807) is 14.2 Å². The molecular formula is C16H24N2O2. The van der Waals surface area contributed by atoms with Gasteiger partial charge in [0.05, 0.1) is 13.2 Å². The molecule has 1 saturated heterocycles. The smallest absolute Gasteiger partial charge is 0.119 e. The van der Waals surface area contributed by atoms with E-state index >= 15 is 0 Å². The van der Waals surface area contributed by atoms with Crippen molar-refractivity contribution in [3.05, 3.63) is 29.3 Å².